The maximum Gasteiger partial charge on any atom is 0.274 e. The molecule has 5 nitrogen and oxygen atoms in total. The molecule has 0 fully saturated rings. The van der Waals surface area contributed by atoms with Gasteiger partial charge in [0.25, 0.3) is 5.91 Å². The summed E-state index contributed by atoms with van der Waals surface area (Å²) in [5.74, 6) is -0.203. The zero-order valence-electron chi connectivity index (χ0n) is 10.1. The highest BCUT2D eigenvalue weighted by Crippen LogP contribution is 2.12. The number of aromatic amines is 1. The van der Waals surface area contributed by atoms with E-state index in [0.717, 1.165) is 25.0 Å². The molecule has 0 saturated heterocycles. The molecule has 1 atom stereocenters. The number of amides is 1. The minimum atomic E-state index is -0.203. The van der Waals surface area contributed by atoms with Gasteiger partial charge in [-0.3, -0.25) is 9.89 Å². The number of aryl methyl sites for hydroxylation is 1. The van der Waals surface area contributed by atoms with Crippen molar-refractivity contribution < 1.29 is 4.79 Å². The first-order valence-corrected chi connectivity index (χ1v) is 5.67. The fourth-order valence-electron chi connectivity index (χ4n) is 1.49. The summed E-state index contributed by atoms with van der Waals surface area (Å²) in [6, 6.07) is 0.156. The van der Waals surface area contributed by atoms with Crippen LogP contribution >= 0.6 is 0 Å². The van der Waals surface area contributed by atoms with Crippen LogP contribution in [-0.2, 0) is 0 Å². The lowest BCUT2D eigenvalue weighted by Crippen LogP contribution is -2.33. The van der Waals surface area contributed by atoms with E-state index in [0.29, 0.717) is 11.4 Å². The molecule has 0 aromatic carbocycles. The van der Waals surface area contributed by atoms with Crippen molar-refractivity contribution in [3.63, 3.8) is 0 Å². The van der Waals surface area contributed by atoms with E-state index >= 15 is 0 Å². The normalized spacial score (nSPS) is 12.4. The zero-order chi connectivity index (χ0) is 12.1. The molecule has 0 saturated carbocycles. The van der Waals surface area contributed by atoms with Gasteiger partial charge in [0.15, 0.2) is 5.69 Å². The Labute approximate surface area is 95.8 Å². The molecule has 1 rings (SSSR count). The number of nitrogens with zero attached hydrogens (tertiary/aromatic N) is 1. The van der Waals surface area contributed by atoms with Gasteiger partial charge in [-0.1, -0.05) is 19.8 Å². The molecule has 4 N–H and O–H groups in total. The van der Waals surface area contributed by atoms with Crippen LogP contribution in [0.3, 0.4) is 0 Å². The largest absolute Gasteiger partial charge is 0.395 e. The number of anilines is 1. The Bertz CT molecular complexity index is 359. The highest BCUT2D eigenvalue weighted by molar-refractivity contribution is 5.97. The summed E-state index contributed by atoms with van der Waals surface area (Å²) in [7, 11) is 0. The van der Waals surface area contributed by atoms with Crippen LogP contribution < -0.4 is 11.1 Å². The number of hydrogen-bond donors (Lipinski definition) is 3. The third-order valence-electron chi connectivity index (χ3n) is 2.58. The predicted molar refractivity (Wildman–Crippen MR) is 64.2 cm³/mol. The van der Waals surface area contributed by atoms with Crippen LogP contribution in [-0.4, -0.2) is 22.1 Å². The Balaban J connectivity index is 2.55. The second-order valence-electron chi connectivity index (χ2n) is 4.13. The van der Waals surface area contributed by atoms with Gasteiger partial charge in [0.05, 0.1) is 11.4 Å². The average Bonchev–Trinajstić information content (AvgIpc) is 2.57. The average molecular weight is 224 g/mol. The first-order chi connectivity index (χ1) is 7.56. The second kappa shape index (κ2) is 5.53. The summed E-state index contributed by atoms with van der Waals surface area (Å²) in [6.45, 7) is 5.91. The maximum atomic E-state index is 11.8. The van der Waals surface area contributed by atoms with Crippen molar-refractivity contribution in [1.29, 1.82) is 0 Å². The van der Waals surface area contributed by atoms with E-state index in [9.17, 15) is 4.79 Å². The highest BCUT2D eigenvalue weighted by Gasteiger charge is 2.16. The van der Waals surface area contributed by atoms with E-state index in [1.165, 1.54) is 0 Å². The van der Waals surface area contributed by atoms with Crippen molar-refractivity contribution in [2.75, 3.05) is 5.73 Å². The second-order valence-corrected chi connectivity index (χ2v) is 4.13. The Morgan fingerprint density at radius 1 is 1.62 bits per heavy atom. The number of nitrogens with one attached hydrogen (secondary N) is 2. The van der Waals surface area contributed by atoms with E-state index in [1.54, 1.807) is 6.92 Å². The summed E-state index contributed by atoms with van der Waals surface area (Å²) < 4.78 is 0. The van der Waals surface area contributed by atoms with E-state index in [4.69, 9.17) is 5.73 Å². The van der Waals surface area contributed by atoms with Gasteiger partial charge in [-0.15, -0.1) is 0 Å². The van der Waals surface area contributed by atoms with Gasteiger partial charge in [-0.25, -0.2) is 0 Å². The monoisotopic (exact) mass is 224 g/mol. The Morgan fingerprint density at radius 3 is 2.81 bits per heavy atom. The molecule has 0 spiro atoms. The molecule has 0 radical (unpaired) electrons. The topological polar surface area (TPSA) is 83.8 Å². The van der Waals surface area contributed by atoms with E-state index in [1.807, 2.05) is 6.92 Å². The fraction of sp³-hybridized carbons (Fsp3) is 0.636. The number of unbranched alkanes of at least 4 members (excludes halogenated alkanes) is 1. The Kier molecular flexibility index (Phi) is 4.34. The van der Waals surface area contributed by atoms with Gasteiger partial charge in [0, 0.05) is 6.04 Å². The zero-order valence-corrected chi connectivity index (χ0v) is 10.1. The van der Waals surface area contributed by atoms with Crippen molar-refractivity contribution in [2.24, 2.45) is 0 Å². The number of carbonyl (C=O) groups excluding carboxylic acids is 1. The number of rotatable bonds is 5. The molecule has 90 valence electrons. The van der Waals surface area contributed by atoms with Crippen molar-refractivity contribution in [1.82, 2.24) is 15.5 Å². The molecule has 1 heterocycles. The van der Waals surface area contributed by atoms with Gasteiger partial charge in [0.1, 0.15) is 0 Å². The van der Waals surface area contributed by atoms with Gasteiger partial charge in [0.2, 0.25) is 0 Å². The maximum absolute atomic E-state index is 11.8. The Morgan fingerprint density at radius 2 is 2.31 bits per heavy atom. The number of aromatic nitrogens is 2. The van der Waals surface area contributed by atoms with Crippen LogP contribution in [0, 0.1) is 6.92 Å². The van der Waals surface area contributed by atoms with Crippen LogP contribution in [0.2, 0.25) is 0 Å². The number of nitrogen functional groups attached to an aromatic ring is 1. The van der Waals surface area contributed by atoms with Gasteiger partial charge < -0.3 is 11.1 Å². The van der Waals surface area contributed by atoms with Crippen molar-refractivity contribution in [3.05, 3.63) is 11.4 Å². The highest BCUT2D eigenvalue weighted by atomic mass is 16.2. The van der Waals surface area contributed by atoms with Crippen molar-refractivity contribution in [2.45, 2.75) is 46.1 Å². The summed E-state index contributed by atoms with van der Waals surface area (Å²) >= 11 is 0. The van der Waals surface area contributed by atoms with Crippen LogP contribution in [0.1, 0.15) is 49.3 Å². The molecule has 1 aromatic rings. The van der Waals surface area contributed by atoms with Crippen molar-refractivity contribution >= 4 is 11.6 Å². The number of H-pyrrole nitrogens is 1. The number of hydrogen-bond acceptors (Lipinski definition) is 3. The molecule has 0 aliphatic carbocycles. The SMILES string of the molecule is CCCCC(C)NC(=O)c1n[nH]c(C)c1N. The quantitative estimate of drug-likeness (QED) is 0.710. The number of carbonyl (C=O) groups is 1. The lowest BCUT2D eigenvalue weighted by molar-refractivity contribution is 0.0934. The fourth-order valence-corrected chi connectivity index (χ4v) is 1.49. The molecule has 5 heteroatoms. The van der Waals surface area contributed by atoms with Gasteiger partial charge >= 0.3 is 0 Å². The van der Waals surface area contributed by atoms with Gasteiger partial charge in [-0.2, -0.15) is 5.10 Å². The van der Waals surface area contributed by atoms with E-state index in [2.05, 4.69) is 22.4 Å². The summed E-state index contributed by atoms with van der Waals surface area (Å²) in [6.07, 6.45) is 3.21. The summed E-state index contributed by atoms with van der Waals surface area (Å²) in [4.78, 5) is 11.8. The molecule has 0 aliphatic heterocycles. The third kappa shape index (κ3) is 2.98. The molecule has 1 aromatic heterocycles. The molecule has 1 amide bonds. The van der Waals surface area contributed by atoms with Crippen LogP contribution in [0.4, 0.5) is 5.69 Å². The first-order valence-electron chi connectivity index (χ1n) is 5.67. The molecule has 1 unspecified atom stereocenters. The van der Waals surface area contributed by atoms with Crippen LogP contribution in [0.25, 0.3) is 0 Å². The molecule has 0 aliphatic rings. The van der Waals surface area contributed by atoms with E-state index < -0.39 is 0 Å². The standard InChI is InChI=1S/C11H20N4O/c1-4-5-6-7(2)13-11(16)10-9(12)8(3)14-15-10/h7H,4-6,12H2,1-3H3,(H,13,16)(H,14,15). The van der Waals surface area contributed by atoms with Crippen molar-refractivity contribution in [3.8, 4) is 0 Å². The lowest BCUT2D eigenvalue weighted by Gasteiger charge is -2.12. The molecule has 16 heavy (non-hydrogen) atoms. The van der Waals surface area contributed by atoms with Crippen LogP contribution in [0.5, 0.6) is 0 Å². The minimum Gasteiger partial charge on any atom is -0.395 e. The minimum absolute atomic E-state index is 0.156. The van der Waals surface area contributed by atoms with E-state index in [-0.39, 0.29) is 11.9 Å². The summed E-state index contributed by atoms with van der Waals surface area (Å²) in [5.41, 5.74) is 7.18. The lowest BCUT2D eigenvalue weighted by atomic mass is 10.1. The molecular weight excluding hydrogens is 204 g/mol. The smallest absolute Gasteiger partial charge is 0.274 e. The first kappa shape index (κ1) is 12.5. The predicted octanol–water partition coefficient (Wildman–Crippen LogP) is 1.61. The van der Waals surface area contributed by atoms with Gasteiger partial charge in [-0.05, 0) is 20.3 Å². The van der Waals surface area contributed by atoms with Crippen LogP contribution in [0.15, 0.2) is 0 Å². The third-order valence-corrected chi connectivity index (χ3v) is 2.58. The number of nitrogens with two attached hydrogens (primary N) is 1. The molecule has 0 bridgehead atoms. The summed E-state index contributed by atoms with van der Waals surface area (Å²) in [5, 5.41) is 9.47. The molecular formula is C11H20N4O. The Hall–Kier alpha value is -1.52.